The molecule has 1 aromatic rings. The fourth-order valence-corrected chi connectivity index (χ4v) is 5.65. The van der Waals surface area contributed by atoms with Gasteiger partial charge in [-0.2, -0.15) is 4.31 Å². The molecule has 1 aliphatic heterocycles. The summed E-state index contributed by atoms with van der Waals surface area (Å²) in [5.74, 6) is -0.220. The lowest BCUT2D eigenvalue weighted by atomic mass is 10.3. The van der Waals surface area contributed by atoms with Crippen molar-refractivity contribution in [3.63, 3.8) is 0 Å². The van der Waals surface area contributed by atoms with Gasteiger partial charge in [-0.15, -0.1) is 0 Å². The van der Waals surface area contributed by atoms with Gasteiger partial charge in [0.25, 0.3) is 0 Å². The highest BCUT2D eigenvalue weighted by Crippen LogP contribution is 2.34. The number of hydrogen-bond acceptors (Lipinski definition) is 5. The molecule has 0 aromatic heterocycles. The molecular weight excluding hydrogens is 359 g/mol. The Bertz CT molecular complexity index is 763. The lowest BCUT2D eigenvalue weighted by Gasteiger charge is -2.20. The third-order valence-electron chi connectivity index (χ3n) is 3.22. The average molecular weight is 373 g/mol. The molecule has 0 unspecified atom stereocenters. The number of sulfone groups is 1. The van der Waals surface area contributed by atoms with E-state index in [1.807, 2.05) is 0 Å². The number of halogens is 2. The summed E-state index contributed by atoms with van der Waals surface area (Å²) in [5.41, 5.74) is 5.63. The first-order chi connectivity index (χ1) is 9.65. The van der Waals surface area contributed by atoms with Crippen molar-refractivity contribution in [2.24, 2.45) is 0 Å². The van der Waals surface area contributed by atoms with Crippen LogP contribution in [0.3, 0.4) is 0 Å². The molecule has 1 aromatic carbocycles. The Morgan fingerprint density at radius 1 is 1.14 bits per heavy atom. The Labute approximate surface area is 133 Å². The molecule has 2 N–H and O–H groups in total. The van der Waals surface area contributed by atoms with Gasteiger partial charge in [0.1, 0.15) is 4.90 Å². The molecule has 0 aliphatic carbocycles. The van der Waals surface area contributed by atoms with E-state index in [4.69, 9.17) is 28.9 Å². The maximum absolute atomic E-state index is 12.6. The summed E-state index contributed by atoms with van der Waals surface area (Å²) in [6.45, 7) is 0.0317. The Kier molecular flexibility index (Phi) is 4.75. The van der Waals surface area contributed by atoms with Gasteiger partial charge in [0.2, 0.25) is 10.0 Å². The quantitative estimate of drug-likeness (QED) is 0.790. The summed E-state index contributed by atoms with van der Waals surface area (Å²) in [6.07, 6.45) is 0.252. The third kappa shape index (κ3) is 3.45. The van der Waals surface area contributed by atoms with Crippen LogP contribution in [0.5, 0.6) is 0 Å². The van der Waals surface area contributed by atoms with Crippen molar-refractivity contribution in [2.45, 2.75) is 11.3 Å². The van der Waals surface area contributed by atoms with Crippen LogP contribution < -0.4 is 5.73 Å². The van der Waals surface area contributed by atoms with Crippen LogP contribution in [0.1, 0.15) is 6.42 Å². The molecule has 2 rings (SSSR count). The standard InChI is InChI=1S/C11H14Cl2N2O4S2/c12-8-2-3-9(10(13)11(8)14)21(18,19)15-4-1-6-20(16,17)7-5-15/h2-3H,1,4-7,14H2. The van der Waals surface area contributed by atoms with E-state index in [2.05, 4.69) is 0 Å². The highest BCUT2D eigenvalue weighted by atomic mass is 35.5. The van der Waals surface area contributed by atoms with Crippen LogP contribution in [0.15, 0.2) is 17.0 Å². The van der Waals surface area contributed by atoms with E-state index in [1.54, 1.807) is 0 Å². The SMILES string of the molecule is Nc1c(Cl)ccc(S(=O)(=O)N2CCCS(=O)(=O)CC2)c1Cl. The van der Waals surface area contributed by atoms with Crippen LogP contribution >= 0.6 is 23.2 Å². The molecule has 1 fully saturated rings. The molecule has 1 heterocycles. The molecule has 21 heavy (non-hydrogen) atoms. The Morgan fingerprint density at radius 2 is 1.81 bits per heavy atom. The molecule has 1 saturated heterocycles. The van der Waals surface area contributed by atoms with Gasteiger partial charge >= 0.3 is 0 Å². The van der Waals surface area contributed by atoms with Gasteiger partial charge < -0.3 is 5.73 Å². The molecule has 0 spiro atoms. The fourth-order valence-electron chi connectivity index (χ4n) is 2.04. The van der Waals surface area contributed by atoms with Gasteiger partial charge in [-0.25, -0.2) is 16.8 Å². The zero-order valence-electron chi connectivity index (χ0n) is 10.9. The first kappa shape index (κ1) is 16.8. The highest BCUT2D eigenvalue weighted by molar-refractivity contribution is 7.91. The molecule has 0 amide bonds. The summed E-state index contributed by atoms with van der Waals surface area (Å²) in [4.78, 5) is -0.162. The van der Waals surface area contributed by atoms with Crippen molar-refractivity contribution in [1.29, 1.82) is 0 Å². The molecule has 0 saturated carbocycles. The average Bonchev–Trinajstić information content (AvgIpc) is 2.57. The normalized spacial score (nSPS) is 20.1. The second kappa shape index (κ2) is 5.92. The van der Waals surface area contributed by atoms with Gasteiger partial charge in [-0.05, 0) is 18.6 Å². The zero-order valence-corrected chi connectivity index (χ0v) is 14.1. The van der Waals surface area contributed by atoms with Crippen LogP contribution in [0, 0.1) is 0 Å². The Hall–Kier alpha value is -0.540. The highest BCUT2D eigenvalue weighted by Gasteiger charge is 2.31. The molecule has 0 radical (unpaired) electrons. The predicted octanol–water partition coefficient (Wildman–Crippen LogP) is 1.38. The monoisotopic (exact) mass is 372 g/mol. The number of nitrogen functional groups attached to an aromatic ring is 1. The van der Waals surface area contributed by atoms with Gasteiger partial charge in [-0.1, -0.05) is 23.2 Å². The van der Waals surface area contributed by atoms with Gasteiger partial charge in [0, 0.05) is 13.1 Å². The van der Waals surface area contributed by atoms with Crippen molar-refractivity contribution < 1.29 is 16.8 Å². The molecule has 0 bridgehead atoms. The number of nitrogens with two attached hydrogens (primary N) is 1. The molecule has 6 nitrogen and oxygen atoms in total. The van der Waals surface area contributed by atoms with Gasteiger partial charge in [-0.3, -0.25) is 0 Å². The van der Waals surface area contributed by atoms with Crippen LogP contribution in [0.2, 0.25) is 10.0 Å². The predicted molar refractivity (Wildman–Crippen MR) is 82.9 cm³/mol. The van der Waals surface area contributed by atoms with E-state index < -0.39 is 19.9 Å². The van der Waals surface area contributed by atoms with E-state index in [9.17, 15) is 16.8 Å². The number of rotatable bonds is 2. The summed E-state index contributed by atoms with van der Waals surface area (Å²) in [5, 5.41) is 0.0204. The minimum absolute atomic E-state index is 0.0122. The maximum Gasteiger partial charge on any atom is 0.244 e. The van der Waals surface area contributed by atoms with Crippen molar-refractivity contribution in [3.05, 3.63) is 22.2 Å². The van der Waals surface area contributed by atoms with Crippen LogP contribution in [0.4, 0.5) is 5.69 Å². The summed E-state index contributed by atoms with van der Waals surface area (Å²) in [6, 6.07) is 2.62. The van der Waals surface area contributed by atoms with E-state index in [0.717, 1.165) is 4.31 Å². The van der Waals surface area contributed by atoms with Crippen molar-refractivity contribution in [1.82, 2.24) is 4.31 Å². The molecule has 10 heteroatoms. The zero-order chi connectivity index (χ0) is 15.8. The number of benzene rings is 1. The van der Waals surface area contributed by atoms with Crippen molar-refractivity contribution in [3.8, 4) is 0 Å². The summed E-state index contributed by atoms with van der Waals surface area (Å²) in [7, 11) is -7.11. The van der Waals surface area contributed by atoms with Gasteiger partial charge in [0.05, 0.1) is 27.2 Å². The molecule has 1 aliphatic rings. The number of anilines is 1. The first-order valence-corrected chi connectivity index (χ1v) is 10.1. The number of nitrogens with zero attached hydrogens (tertiary/aromatic N) is 1. The van der Waals surface area contributed by atoms with E-state index in [1.165, 1.54) is 12.1 Å². The van der Waals surface area contributed by atoms with Gasteiger partial charge in [0.15, 0.2) is 9.84 Å². The first-order valence-electron chi connectivity index (χ1n) is 6.09. The van der Waals surface area contributed by atoms with Crippen LogP contribution in [-0.4, -0.2) is 45.7 Å². The minimum atomic E-state index is -3.91. The smallest absolute Gasteiger partial charge is 0.244 e. The maximum atomic E-state index is 12.6. The van der Waals surface area contributed by atoms with Crippen LogP contribution in [0.25, 0.3) is 0 Å². The van der Waals surface area contributed by atoms with Crippen LogP contribution in [-0.2, 0) is 19.9 Å². The minimum Gasteiger partial charge on any atom is -0.396 e. The van der Waals surface area contributed by atoms with E-state index in [-0.39, 0.29) is 51.6 Å². The Balaban J connectivity index is 2.41. The second-order valence-corrected chi connectivity index (χ2v) is 9.68. The summed E-state index contributed by atoms with van der Waals surface area (Å²) >= 11 is 11.8. The van der Waals surface area contributed by atoms with E-state index >= 15 is 0 Å². The van der Waals surface area contributed by atoms with E-state index in [0.29, 0.717) is 0 Å². The fraction of sp³-hybridized carbons (Fsp3) is 0.455. The Morgan fingerprint density at radius 3 is 2.48 bits per heavy atom. The largest absolute Gasteiger partial charge is 0.396 e. The van der Waals surface area contributed by atoms with Crippen molar-refractivity contribution in [2.75, 3.05) is 30.3 Å². The number of hydrogen-bond donors (Lipinski definition) is 1. The topological polar surface area (TPSA) is 97.5 Å². The molecule has 118 valence electrons. The lowest BCUT2D eigenvalue weighted by molar-refractivity contribution is 0.435. The number of sulfonamides is 1. The molecular formula is C11H14Cl2N2O4S2. The lowest BCUT2D eigenvalue weighted by Crippen LogP contribution is -2.33. The third-order valence-corrected chi connectivity index (χ3v) is 7.73. The van der Waals surface area contributed by atoms with Crippen molar-refractivity contribution >= 4 is 48.7 Å². The second-order valence-electron chi connectivity index (χ2n) is 4.68. The molecule has 0 atom stereocenters. The summed E-state index contributed by atoms with van der Waals surface area (Å²) < 4.78 is 49.4.